The molecule has 31 heavy (non-hydrogen) atoms. The zero-order chi connectivity index (χ0) is 22.2. The summed E-state index contributed by atoms with van der Waals surface area (Å²) in [5.41, 5.74) is -0.609. The highest BCUT2D eigenvalue weighted by molar-refractivity contribution is 6.01. The van der Waals surface area contributed by atoms with Crippen LogP contribution in [0, 0.1) is 6.92 Å². The minimum atomic E-state index is -1.06. The second-order valence-electron chi connectivity index (χ2n) is 8.55. The normalized spacial score (nSPS) is 21.3. The van der Waals surface area contributed by atoms with Crippen molar-refractivity contribution in [2.24, 2.45) is 0 Å². The summed E-state index contributed by atoms with van der Waals surface area (Å²) in [6.07, 6.45) is 4.15. The summed E-state index contributed by atoms with van der Waals surface area (Å²) in [6, 6.07) is 5.27. The van der Waals surface area contributed by atoms with Crippen LogP contribution in [0.3, 0.4) is 0 Å². The van der Waals surface area contributed by atoms with E-state index in [2.05, 4.69) is 15.7 Å². The lowest BCUT2D eigenvalue weighted by Gasteiger charge is -2.43. The molecule has 0 bridgehead atoms. The fourth-order valence-electron chi connectivity index (χ4n) is 4.50. The number of carbonyl (C=O) groups is 3. The van der Waals surface area contributed by atoms with Gasteiger partial charge < -0.3 is 20.0 Å². The summed E-state index contributed by atoms with van der Waals surface area (Å²) in [6.45, 7) is 6.26. The molecule has 2 aliphatic rings. The van der Waals surface area contributed by atoms with Crippen molar-refractivity contribution in [2.45, 2.75) is 71.1 Å². The molecule has 1 saturated carbocycles. The maximum absolute atomic E-state index is 13.2. The van der Waals surface area contributed by atoms with Crippen LogP contribution in [0.5, 0.6) is 0 Å². The van der Waals surface area contributed by atoms with Gasteiger partial charge >= 0.3 is 0 Å². The summed E-state index contributed by atoms with van der Waals surface area (Å²) in [4.78, 5) is 40.5. The largest absolute Gasteiger partial charge is 0.465 e. The Hall–Kier alpha value is -3.10. The van der Waals surface area contributed by atoms with Crippen molar-refractivity contribution in [3.63, 3.8) is 0 Å². The molecular formula is C22H29N5O4. The van der Waals surface area contributed by atoms with Crippen LogP contribution in [0.1, 0.15) is 72.0 Å². The van der Waals surface area contributed by atoms with Crippen molar-refractivity contribution in [1.29, 1.82) is 0 Å². The molecular weight excluding hydrogens is 398 g/mol. The molecule has 2 aromatic heterocycles. The number of aryl methyl sites for hydroxylation is 1. The molecule has 1 aliphatic heterocycles. The molecule has 3 heterocycles. The molecule has 166 valence electrons. The first-order valence-corrected chi connectivity index (χ1v) is 10.9. The monoisotopic (exact) mass is 427 g/mol. The molecule has 0 radical (unpaired) electrons. The Morgan fingerprint density at radius 3 is 2.68 bits per heavy atom. The first-order chi connectivity index (χ1) is 14.8. The first kappa shape index (κ1) is 21.1. The molecule has 0 saturated heterocycles. The summed E-state index contributed by atoms with van der Waals surface area (Å²) >= 11 is 0. The van der Waals surface area contributed by atoms with Crippen molar-refractivity contribution in [3.8, 4) is 0 Å². The summed E-state index contributed by atoms with van der Waals surface area (Å²) < 4.78 is 6.94. The van der Waals surface area contributed by atoms with Gasteiger partial charge in [-0.15, -0.1) is 0 Å². The lowest BCUT2D eigenvalue weighted by molar-refractivity contribution is -0.133. The van der Waals surface area contributed by atoms with Gasteiger partial charge in [-0.1, -0.05) is 12.8 Å². The molecule has 1 aliphatic carbocycles. The molecule has 2 N–H and O–H groups in total. The number of amides is 3. The number of hydrogen-bond donors (Lipinski definition) is 2. The number of nitrogens with zero attached hydrogens (tertiary/aromatic N) is 3. The Bertz CT molecular complexity index is 1000. The molecule has 1 fully saturated rings. The summed E-state index contributed by atoms with van der Waals surface area (Å²) in [7, 11) is 0. The van der Waals surface area contributed by atoms with Crippen LogP contribution in [0.25, 0.3) is 0 Å². The predicted molar refractivity (Wildman–Crippen MR) is 112 cm³/mol. The third kappa shape index (κ3) is 3.96. The van der Waals surface area contributed by atoms with Crippen LogP contribution in [-0.4, -0.2) is 50.5 Å². The molecule has 1 atom stereocenters. The molecule has 4 rings (SSSR count). The van der Waals surface area contributed by atoms with Crippen LogP contribution in [0.15, 0.2) is 22.6 Å². The van der Waals surface area contributed by atoms with Crippen LogP contribution < -0.4 is 10.6 Å². The predicted octanol–water partition coefficient (Wildman–Crippen LogP) is 2.01. The van der Waals surface area contributed by atoms with Gasteiger partial charge in [0, 0.05) is 18.7 Å². The van der Waals surface area contributed by atoms with Crippen LogP contribution in [-0.2, 0) is 17.9 Å². The number of likely N-dealkylation sites (N-methyl/N-ethyl adjacent to an activating group) is 1. The van der Waals surface area contributed by atoms with Crippen molar-refractivity contribution in [1.82, 2.24) is 25.3 Å². The van der Waals surface area contributed by atoms with E-state index in [1.54, 1.807) is 17.9 Å². The van der Waals surface area contributed by atoms with E-state index in [1.807, 2.05) is 19.9 Å². The Balaban J connectivity index is 1.52. The highest BCUT2D eigenvalue weighted by Crippen LogP contribution is 2.28. The van der Waals surface area contributed by atoms with Gasteiger partial charge in [0.25, 0.3) is 11.8 Å². The van der Waals surface area contributed by atoms with Crippen LogP contribution in [0.2, 0.25) is 0 Å². The fraction of sp³-hybridized carbons (Fsp3) is 0.545. The van der Waals surface area contributed by atoms with Gasteiger partial charge in [0.2, 0.25) is 5.91 Å². The minimum absolute atomic E-state index is 0.142. The fourth-order valence-corrected chi connectivity index (χ4v) is 4.50. The van der Waals surface area contributed by atoms with E-state index in [4.69, 9.17) is 4.42 Å². The van der Waals surface area contributed by atoms with E-state index in [9.17, 15) is 14.4 Å². The van der Waals surface area contributed by atoms with Gasteiger partial charge in [-0.05, 0) is 45.7 Å². The van der Waals surface area contributed by atoms with Gasteiger partial charge in [0.1, 0.15) is 22.8 Å². The number of carbonyl (C=O) groups excluding carboxylic acids is 3. The Morgan fingerprint density at radius 2 is 2.03 bits per heavy atom. The topological polar surface area (TPSA) is 109 Å². The number of hydrogen-bond acceptors (Lipinski definition) is 5. The molecule has 2 aromatic rings. The van der Waals surface area contributed by atoms with E-state index < -0.39 is 11.4 Å². The Morgan fingerprint density at radius 1 is 1.29 bits per heavy atom. The third-order valence-corrected chi connectivity index (χ3v) is 6.25. The van der Waals surface area contributed by atoms with Crippen LogP contribution in [0.4, 0.5) is 0 Å². The highest BCUT2D eigenvalue weighted by atomic mass is 16.3. The van der Waals surface area contributed by atoms with Crippen LogP contribution >= 0.6 is 0 Å². The third-order valence-electron chi connectivity index (χ3n) is 6.25. The average Bonchev–Trinajstić information content (AvgIpc) is 3.47. The maximum Gasteiger partial charge on any atom is 0.273 e. The summed E-state index contributed by atoms with van der Waals surface area (Å²) in [5.74, 6) is 0.534. The molecule has 3 amide bonds. The zero-order valence-electron chi connectivity index (χ0n) is 18.2. The van der Waals surface area contributed by atoms with Gasteiger partial charge in [0.15, 0.2) is 5.69 Å². The number of fused-ring (bicyclic) bond motifs is 1. The van der Waals surface area contributed by atoms with Crippen molar-refractivity contribution in [3.05, 3.63) is 41.1 Å². The van der Waals surface area contributed by atoms with Crippen molar-refractivity contribution < 1.29 is 18.8 Å². The van der Waals surface area contributed by atoms with E-state index in [0.717, 1.165) is 31.4 Å². The maximum atomic E-state index is 13.2. The van der Waals surface area contributed by atoms with E-state index in [1.165, 1.54) is 10.7 Å². The number of rotatable bonds is 6. The van der Waals surface area contributed by atoms with E-state index >= 15 is 0 Å². The van der Waals surface area contributed by atoms with Gasteiger partial charge in [-0.25, -0.2) is 0 Å². The first-order valence-electron chi connectivity index (χ1n) is 10.9. The van der Waals surface area contributed by atoms with Gasteiger partial charge in [-0.3, -0.25) is 19.1 Å². The Labute approximate surface area is 181 Å². The lowest BCUT2D eigenvalue weighted by Crippen LogP contribution is -2.64. The van der Waals surface area contributed by atoms with Gasteiger partial charge in [-0.2, -0.15) is 5.10 Å². The van der Waals surface area contributed by atoms with E-state index in [-0.39, 0.29) is 36.6 Å². The molecule has 9 nitrogen and oxygen atoms in total. The quantitative estimate of drug-likeness (QED) is 0.733. The van der Waals surface area contributed by atoms with Crippen molar-refractivity contribution in [2.75, 3.05) is 6.54 Å². The molecule has 0 unspecified atom stereocenters. The Kier molecular flexibility index (Phi) is 5.60. The number of nitrogens with one attached hydrogen (secondary N) is 2. The van der Waals surface area contributed by atoms with Gasteiger partial charge in [0.05, 0.1) is 13.1 Å². The van der Waals surface area contributed by atoms with Crippen molar-refractivity contribution >= 4 is 17.7 Å². The molecule has 0 spiro atoms. The molecule has 0 aromatic carbocycles. The smallest absolute Gasteiger partial charge is 0.273 e. The molecule has 9 heteroatoms. The minimum Gasteiger partial charge on any atom is -0.465 e. The van der Waals surface area contributed by atoms with E-state index in [0.29, 0.717) is 18.0 Å². The lowest BCUT2D eigenvalue weighted by atomic mass is 9.94. The highest BCUT2D eigenvalue weighted by Gasteiger charge is 2.48. The second kappa shape index (κ2) is 8.20. The SMILES string of the molecule is CCN1C(=O)c2cc(C(=O)NCc3ccc(C)o3)nn2C[C@]1(C)C(=O)NC1CCCC1. The standard InChI is InChI=1S/C22H29N5O4/c1-4-26-20(29)18-11-17(19(28)23-12-16-10-9-14(2)31-16)25-27(18)13-22(26,3)21(30)24-15-7-5-6-8-15/h9-11,15H,4-8,12-13H2,1-3H3,(H,23,28)(H,24,30)/t22-/m1/s1. The second-order valence-corrected chi connectivity index (χ2v) is 8.55. The summed E-state index contributed by atoms with van der Waals surface area (Å²) in [5, 5.41) is 10.2. The average molecular weight is 428 g/mol. The number of furan rings is 1. The number of aromatic nitrogens is 2. The zero-order valence-corrected chi connectivity index (χ0v) is 18.2.